The average Bonchev–Trinajstić information content (AvgIpc) is 3.05. The number of nitrogens with zero attached hydrogens (tertiary/aromatic N) is 2. The van der Waals surface area contributed by atoms with E-state index in [9.17, 15) is 4.79 Å². The predicted molar refractivity (Wildman–Crippen MR) is 86.2 cm³/mol. The highest BCUT2D eigenvalue weighted by Gasteiger charge is 2.27. The lowest BCUT2D eigenvalue weighted by Gasteiger charge is -2.23. The summed E-state index contributed by atoms with van der Waals surface area (Å²) in [7, 11) is 0. The molecule has 1 aromatic heterocycles. The van der Waals surface area contributed by atoms with Gasteiger partial charge in [-0.2, -0.15) is 0 Å². The van der Waals surface area contributed by atoms with E-state index in [1.54, 1.807) is 6.07 Å². The van der Waals surface area contributed by atoms with E-state index >= 15 is 0 Å². The normalized spacial score (nSPS) is 16.9. The number of benzene rings is 1. The van der Waals surface area contributed by atoms with E-state index in [2.05, 4.69) is 34.4 Å². The maximum atomic E-state index is 12.3. The predicted octanol–water partition coefficient (Wildman–Crippen LogP) is 3.19. The molecule has 2 heterocycles. The Labute approximate surface area is 130 Å². The Balaban J connectivity index is 1.67. The van der Waals surface area contributed by atoms with Crippen molar-refractivity contribution in [2.45, 2.75) is 39.2 Å². The van der Waals surface area contributed by atoms with E-state index in [0.717, 1.165) is 17.8 Å². The van der Waals surface area contributed by atoms with E-state index in [-0.39, 0.29) is 11.8 Å². The van der Waals surface area contributed by atoms with Gasteiger partial charge < -0.3 is 9.42 Å². The van der Waals surface area contributed by atoms with Crippen molar-refractivity contribution in [1.82, 2.24) is 5.16 Å². The fourth-order valence-electron chi connectivity index (χ4n) is 2.82. The number of hydrogen-bond acceptors (Lipinski definition) is 4. The summed E-state index contributed by atoms with van der Waals surface area (Å²) >= 11 is 0. The van der Waals surface area contributed by atoms with E-state index in [1.165, 1.54) is 5.56 Å². The maximum Gasteiger partial charge on any atom is 0.246 e. The molecule has 0 spiro atoms. The van der Waals surface area contributed by atoms with Crippen molar-refractivity contribution in [1.29, 1.82) is 0 Å². The number of nitrogens with one attached hydrogen (secondary N) is 1. The van der Waals surface area contributed by atoms with Crippen LogP contribution < -0.4 is 10.2 Å². The molecule has 1 aliphatic heterocycles. The molecule has 1 atom stereocenters. The first-order chi connectivity index (χ1) is 10.5. The Kier molecular flexibility index (Phi) is 3.88. The molecule has 0 radical (unpaired) electrons. The van der Waals surface area contributed by atoms with Gasteiger partial charge in [0.15, 0.2) is 0 Å². The van der Waals surface area contributed by atoms with Gasteiger partial charge in [-0.25, -0.2) is 0 Å². The highest BCUT2D eigenvalue weighted by molar-refractivity contribution is 5.93. The SMILES string of the molecule is CC(C)c1cc(NC(=O)CN2c3ccccc3CC2C)on1. The van der Waals surface area contributed by atoms with Gasteiger partial charge in [-0.1, -0.05) is 37.2 Å². The molecule has 1 amide bonds. The molecule has 1 unspecified atom stereocenters. The highest BCUT2D eigenvalue weighted by Crippen LogP contribution is 2.31. The lowest BCUT2D eigenvalue weighted by molar-refractivity contribution is -0.115. The molecule has 5 heteroatoms. The number of carbonyl (C=O) groups is 1. The molecule has 1 aliphatic rings. The fourth-order valence-corrected chi connectivity index (χ4v) is 2.82. The van der Waals surface area contributed by atoms with Crippen molar-refractivity contribution in [2.75, 3.05) is 16.8 Å². The van der Waals surface area contributed by atoms with Crippen molar-refractivity contribution in [3.8, 4) is 0 Å². The smallest absolute Gasteiger partial charge is 0.246 e. The van der Waals surface area contributed by atoms with Gasteiger partial charge in [0.2, 0.25) is 11.8 Å². The largest absolute Gasteiger partial charge is 0.359 e. The molecule has 22 heavy (non-hydrogen) atoms. The first-order valence-corrected chi connectivity index (χ1v) is 7.65. The lowest BCUT2D eigenvalue weighted by Crippen LogP contribution is -2.37. The molecular formula is C17H21N3O2. The van der Waals surface area contributed by atoms with Gasteiger partial charge >= 0.3 is 0 Å². The molecule has 116 valence electrons. The molecule has 0 aliphatic carbocycles. The quantitative estimate of drug-likeness (QED) is 0.942. The zero-order valence-electron chi connectivity index (χ0n) is 13.2. The molecule has 0 saturated carbocycles. The summed E-state index contributed by atoms with van der Waals surface area (Å²) in [6, 6.07) is 10.3. The van der Waals surface area contributed by atoms with Crippen LogP contribution in [0, 0.1) is 0 Å². The Morgan fingerprint density at radius 2 is 2.23 bits per heavy atom. The number of rotatable bonds is 4. The van der Waals surface area contributed by atoms with Crippen LogP contribution in [-0.2, 0) is 11.2 Å². The van der Waals surface area contributed by atoms with Crippen LogP contribution in [0.3, 0.4) is 0 Å². The lowest BCUT2D eigenvalue weighted by atomic mass is 10.1. The van der Waals surface area contributed by atoms with Gasteiger partial charge in [0.05, 0.1) is 12.2 Å². The van der Waals surface area contributed by atoms with Crippen molar-refractivity contribution in [3.63, 3.8) is 0 Å². The Morgan fingerprint density at radius 3 is 2.95 bits per heavy atom. The molecule has 0 saturated heterocycles. The summed E-state index contributed by atoms with van der Waals surface area (Å²) < 4.78 is 5.16. The van der Waals surface area contributed by atoms with Crippen LogP contribution in [-0.4, -0.2) is 23.7 Å². The summed E-state index contributed by atoms with van der Waals surface area (Å²) in [6.45, 7) is 6.52. The molecule has 3 rings (SSSR count). The summed E-state index contributed by atoms with van der Waals surface area (Å²) in [5.41, 5.74) is 3.28. The molecular weight excluding hydrogens is 278 g/mol. The average molecular weight is 299 g/mol. The second-order valence-corrected chi connectivity index (χ2v) is 6.13. The minimum atomic E-state index is -0.0880. The number of aromatic nitrogens is 1. The number of anilines is 2. The van der Waals surface area contributed by atoms with E-state index in [4.69, 9.17) is 4.52 Å². The van der Waals surface area contributed by atoms with Gasteiger partial charge in [-0.15, -0.1) is 0 Å². The number of carbonyl (C=O) groups excluding carboxylic acids is 1. The monoisotopic (exact) mass is 299 g/mol. The maximum absolute atomic E-state index is 12.3. The third-order valence-electron chi connectivity index (χ3n) is 4.04. The first kappa shape index (κ1) is 14.6. The molecule has 1 N–H and O–H groups in total. The standard InChI is InChI=1S/C17H21N3O2/c1-11(2)14-9-17(22-19-14)18-16(21)10-20-12(3)8-13-6-4-5-7-15(13)20/h4-7,9,11-12H,8,10H2,1-3H3,(H,18,21). The van der Waals surface area contributed by atoms with Crippen LogP contribution in [0.5, 0.6) is 0 Å². The topological polar surface area (TPSA) is 58.4 Å². The van der Waals surface area contributed by atoms with Crippen LogP contribution in [0.2, 0.25) is 0 Å². The summed E-state index contributed by atoms with van der Waals surface area (Å²) in [5.74, 6) is 0.601. The zero-order valence-corrected chi connectivity index (χ0v) is 13.2. The Morgan fingerprint density at radius 1 is 1.45 bits per heavy atom. The number of para-hydroxylation sites is 1. The minimum absolute atomic E-state index is 0.0880. The zero-order chi connectivity index (χ0) is 15.7. The van der Waals surface area contributed by atoms with Crippen LogP contribution in [0.15, 0.2) is 34.9 Å². The fraction of sp³-hybridized carbons (Fsp3) is 0.412. The van der Waals surface area contributed by atoms with Crippen molar-refractivity contribution in [3.05, 3.63) is 41.6 Å². The van der Waals surface area contributed by atoms with E-state index in [1.807, 2.05) is 26.0 Å². The van der Waals surface area contributed by atoms with E-state index in [0.29, 0.717) is 18.5 Å². The van der Waals surface area contributed by atoms with Gasteiger partial charge in [0.1, 0.15) is 0 Å². The molecule has 0 fully saturated rings. The van der Waals surface area contributed by atoms with Crippen LogP contribution in [0.4, 0.5) is 11.6 Å². The highest BCUT2D eigenvalue weighted by atomic mass is 16.5. The van der Waals surface area contributed by atoms with E-state index < -0.39 is 0 Å². The molecule has 0 bridgehead atoms. The Bertz CT molecular complexity index is 678. The Hall–Kier alpha value is -2.30. The summed E-state index contributed by atoms with van der Waals surface area (Å²) in [4.78, 5) is 14.4. The number of fused-ring (bicyclic) bond motifs is 1. The van der Waals surface area contributed by atoms with Crippen LogP contribution in [0.25, 0.3) is 0 Å². The third-order valence-corrected chi connectivity index (χ3v) is 4.04. The van der Waals surface area contributed by atoms with Crippen molar-refractivity contribution < 1.29 is 9.32 Å². The van der Waals surface area contributed by atoms with Crippen molar-refractivity contribution >= 4 is 17.5 Å². The van der Waals surface area contributed by atoms with Crippen molar-refractivity contribution in [2.24, 2.45) is 0 Å². The van der Waals surface area contributed by atoms with Gasteiger partial charge in [0, 0.05) is 17.8 Å². The molecule has 2 aromatic rings. The van der Waals surface area contributed by atoms with Gasteiger partial charge in [-0.05, 0) is 30.9 Å². The third kappa shape index (κ3) is 2.84. The second-order valence-electron chi connectivity index (χ2n) is 6.13. The van der Waals surface area contributed by atoms with Gasteiger partial charge in [0.25, 0.3) is 0 Å². The van der Waals surface area contributed by atoms with Gasteiger partial charge in [-0.3, -0.25) is 10.1 Å². The summed E-state index contributed by atoms with van der Waals surface area (Å²) in [6.07, 6.45) is 0.975. The minimum Gasteiger partial charge on any atom is -0.359 e. The van der Waals surface area contributed by atoms with Crippen LogP contribution in [0.1, 0.15) is 37.9 Å². The first-order valence-electron chi connectivity index (χ1n) is 7.65. The number of hydrogen-bond donors (Lipinski definition) is 1. The summed E-state index contributed by atoms with van der Waals surface area (Å²) in [5, 5.41) is 6.73. The number of amides is 1. The molecule has 5 nitrogen and oxygen atoms in total. The second kappa shape index (κ2) is 5.83. The van der Waals surface area contributed by atoms with Crippen LogP contribution >= 0.6 is 0 Å². The molecule has 1 aromatic carbocycles.